The molecule has 0 amide bonds. The average Bonchev–Trinajstić information content (AvgIpc) is 2.45. The van der Waals surface area contributed by atoms with Gasteiger partial charge in [-0.1, -0.05) is 48.5 Å². The molecule has 0 aliphatic carbocycles. The van der Waals surface area contributed by atoms with E-state index in [0.717, 1.165) is 24.2 Å². The van der Waals surface area contributed by atoms with E-state index in [0.29, 0.717) is 6.61 Å². The van der Waals surface area contributed by atoms with Crippen LogP contribution in [0.5, 0.6) is 5.75 Å². The lowest BCUT2D eigenvalue weighted by molar-refractivity contribution is 0.155. The van der Waals surface area contributed by atoms with E-state index in [-0.39, 0.29) is 0 Å². The molecule has 2 rings (SSSR count). The van der Waals surface area contributed by atoms with E-state index >= 15 is 0 Å². The Kier molecular flexibility index (Phi) is 4.79. The van der Waals surface area contributed by atoms with E-state index < -0.39 is 6.10 Å². The zero-order valence-electron chi connectivity index (χ0n) is 10.3. The second-order valence-electron chi connectivity index (χ2n) is 4.23. The molecule has 2 aromatic rings. The summed E-state index contributed by atoms with van der Waals surface area (Å²) in [6.45, 7) is 0.633. The van der Waals surface area contributed by atoms with Crippen LogP contribution in [-0.2, 0) is 0 Å². The molecule has 0 radical (unpaired) electrons. The Bertz CT molecular complexity index is 439. The highest BCUT2D eigenvalue weighted by molar-refractivity contribution is 5.21. The summed E-state index contributed by atoms with van der Waals surface area (Å²) in [7, 11) is 0. The number of ether oxygens (including phenoxy) is 1. The number of aliphatic hydroxyl groups is 1. The molecule has 0 aliphatic rings. The van der Waals surface area contributed by atoms with Crippen molar-refractivity contribution < 1.29 is 9.84 Å². The molecule has 0 aliphatic heterocycles. The zero-order chi connectivity index (χ0) is 12.6. The van der Waals surface area contributed by atoms with Crippen LogP contribution in [0, 0.1) is 0 Å². The predicted molar refractivity (Wildman–Crippen MR) is 72.6 cm³/mol. The molecule has 18 heavy (non-hydrogen) atoms. The summed E-state index contributed by atoms with van der Waals surface area (Å²) in [4.78, 5) is 0. The Morgan fingerprint density at radius 3 is 2.17 bits per heavy atom. The lowest BCUT2D eigenvalue weighted by atomic mass is 10.1. The molecule has 0 saturated heterocycles. The van der Waals surface area contributed by atoms with Crippen molar-refractivity contribution in [3.05, 3.63) is 66.2 Å². The Balaban J connectivity index is 1.70. The second-order valence-corrected chi connectivity index (χ2v) is 4.23. The first-order valence-electron chi connectivity index (χ1n) is 6.27. The van der Waals surface area contributed by atoms with E-state index in [2.05, 4.69) is 0 Å². The molecule has 0 fully saturated rings. The summed E-state index contributed by atoms with van der Waals surface area (Å²) in [5, 5.41) is 9.96. The quantitative estimate of drug-likeness (QED) is 0.784. The number of aliphatic hydroxyl groups excluding tert-OH is 1. The third-order valence-corrected chi connectivity index (χ3v) is 2.82. The van der Waals surface area contributed by atoms with Gasteiger partial charge in [-0.05, 0) is 30.5 Å². The third-order valence-electron chi connectivity index (χ3n) is 2.82. The molecule has 1 unspecified atom stereocenters. The maximum Gasteiger partial charge on any atom is 0.119 e. The minimum atomic E-state index is -0.398. The van der Waals surface area contributed by atoms with Crippen LogP contribution >= 0.6 is 0 Å². The molecule has 0 saturated carbocycles. The molecule has 0 spiro atoms. The van der Waals surface area contributed by atoms with Gasteiger partial charge in [-0.15, -0.1) is 0 Å². The van der Waals surface area contributed by atoms with Gasteiger partial charge < -0.3 is 9.84 Å². The van der Waals surface area contributed by atoms with Gasteiger partial charge in [-0.25, -0.2) is 0 Å². The van der Waals surface area contributed by atoms with Crippen molar-refractivity contribution in [3.8, 4) is 5.75 Å². The summed E-state index contributed by atoms with van der Waals surface area (Å²) < 4.78 is 5.58. The summed E-state index contributed by atoms with van der Waals surface area (Å²) in [5.74, 6) is 0.881. The number of hydrogen-bond donors (Lipinski definition) is 1. The van der Waals surface area contributed by atoms with Crippen LogP contribution in [0.3, 0.4) is 0 Å². The lowest BCUT2D eigenvalue weighted by Gasteiger charge is -2.11. The summed E-state index contributed by atoms with van der Waals surface area (Å²) >= 11 is 0. The van der Waals surface area contributed by atoms with Gasteiger partial charge in [0.25, 0.3) is 0 Å². The lowest BCUT2D eigenvalue weighted by Crippen LogP contribution is -2.02. The normalized spacial score (nSPS) is 12.1. The Hall–Kier alpha value is -1.80. The molecular weight excluding hydrogens is 224 g/mol. The van der Waals surface area contributed by atoms with Crippen molar-refractivity contribution in [2.75, 3.05) is 6.61 Å². The van der Waals surface area contributed by atoms with Crippen molar-refractivity contribution in [1.29, 1.82) is 0 Å². The minimum Gasteiger partial charge on any atom is -0.494 e. The standard InChI is InChI=1S/C16H18O2/c17-16(14-8-3-1-4-9-14)12-7-13-18-15-10-5-2-6-11-15/h1-6,8-11,16-17H,7,12-13H2. The molecule has 0 bridgehead atoms. The molecule has 2 aromatic carbocycles. The first-order chi connectivity index (χ1) is 8.86. The summed E-state index contributed by atoms with van der Waals surface area (Å²) in [5.41, 5.74) is 0.970. The maximum atomic E-state index is 9.96. The third kappa shape index (κ3) is 3.90. The number of rotatable bonds is 6. The van der Waals surface area contributed by atoms with E-state index in [1.165, 1.54) is 0 Å². The van der Waals surface area contributed by atoms with Crippen molar-refractivity contribution >= 4 is 0 Å². The largest absolute Gasteiger partial charge is 0.494 e. The summed E-state index contributed by atoms with van der Waals surface area (Å²) in [6.07, 6.45) is 1.16. The Morgan fingerprint density at radius 1 is 0.889 bits per heavy atom. The van der Waals surface area contributed by atoms with Crippen LogP contribution in [0.4, 0.5) is 0 Å². The van der Waals surface area contributed by atoms with E-state index in [1.54, 1.807) is 0 Å². The summed E-state index contributed by atoms with van der Waals surface area (Å²) in [6, 6.07) is 19.5. The van der Waals surface area contributed by atoms with Crippen LogP contribution in [0.2, 0.25) is 0 Å². The molecule has 2 nitrogen and oxygen atoms in total. The fraction of sp³-hybridized carbons (Fsp3) is 0.250. The van der Waals surface area contributed by atoms with Crippen molar-refractivity contribution in [3.63, 3.8) is 0 Å². The number of para-hydroxylation sites is 1. The Labute approximate surface area is 108 Å². The highest BCUT2D eigenvalue weighted by atomic mass is 16.5. The topological polar surface area (TPSA) is 29.5 Å². The molecule has 2 heteroatoms. The van der Waals surface area contributed by atoms with E-state index in [1.807, 2.05) is 60.7 Å². The fourth-order valence-electron chi connectivity index (χ4n) is 1.83. The van der Waals surface area contributed by atoms with Crippen molar-refractivity contribution in [2.24, 2.45) is 0 Å². The van der Waals surface area contributed by atoms with Crippen molar-refractivity contribution in [1.82, 2.24) is 0 Å². The van der Waals surface area contributed by atoms with Crippen LogP contribution in [0.25, 0.3) is 0 Å². The van der Waals surface area contributed by atoms with Gasteiger partial charge in [0.2, 0.25) is 0 Å². The van der Waals surface area contributed by atoms with Crippen LogP contribution in [0.15, 0.2) is 60.7 Å². The first kappa shape index (κ1) is 12.7. The molecule has 94 valence electrons. The average molecular weight is 242 g/mol. The van der Waals surface area contributed by atoms with Crippen LogP contribution in [0.1, 0.15) is 24.5 Å². The van der Waals surface area contributed by atoms with Gasteiger partial charge in [0.1, 0.15) is 5.75 Å². The highest BCUT2D eigenvalue weighted by Crippen LogP contribution is 2.18. The molecule has 1 atom stereocenters. The van der Waals surface area contributed by atoms with Gasteiger partial charge in [-0.3, -0.25) is 0 Å². The number of hydrogen-bond acceptors (Lipinski definition) is 2. The smallest absolute Gasteiger partial charge is 0.119 e. The SMILES string of the molecule is OC(CCCOc1ccccc1)c1ccccc1. The van der Waals surface area contributed by atoms with Crippen LogP contribution < -0.4 is 4.74 Å². The van der Waals surface area contributed by atoms with Crippen LogP contribution in [-0.4, -0.2) is 11.7 Å². The van der Waals surface area contributed by atoms with Gasteiger partial charge in [0.15, 0.2) is 0 Å². The highest BCUT2D eigenvalue weighted by Gasteiger charge is 2.06. The molecule has 0 heterocycles. The van der Waals surface area contributed by atoms with Gasteiger partial charge >= 0.3 is 0 Å². The fourth-order valence-corrected chi connectivity index (χ4v) is 1.83. The first-order valence-corrected chi connectivity index (χ1v) is 6.27. The van der Waals surface area contributed by atoms with Gasteiger partial charge in [0.05, 0.1) is 12.7 Å². The molecular formula is C16H18O2. The molecule has 0 aromatic heterocycles. The predicted octanol–water partition coefficient (Wildman–Crippen LogP) is 3.58. The second kappa shape index (κ2) is 6.82. The van der Waals surface area contributed by atoms with Gasteiger partial charge in [-0.2, -0.15) is 0 Å². The zero-order valence-corrected chi connectivity index (χ0v) is 10.3. The molecule has 1 N–H and O–H groups in total. The van der Waals surface area contributed by atoms with E-state index in [4.69, 9.17) is 4.74 Å². The number of benzene rings is 2. The van der Waals surface area contributed by atoms with Crippen molar-refractivity contribution in [2.45, 2.75) is 18.9 Å². The monoisotopic (exact) mass is 242 g/mol. The van der Waals surface area contributed by atoms with Gasteiger partial charge in [0, 0.05) is 0 Å². The Morgan fingerprint density at radius 2 is 1.50 bits per heavy atom. The minimum absolute atomic E-state index is 0.398. The van der Waals surface area contributed by atoms with E-state index in [9.17, 15) is 5.11 Å². The maximum absolute atomic E-state index is 9.96.